The predicted octanol–water partition coefficient (Wildman–Crippen LogP) is 4.94. The summed E-state index contributed by atoms with van der Waals surface area (Å²) in [5.74, 6) is -4.26. The maximum Gasteiger partial charge on any atom is 0.252 e. The molecule has 0 saturated heterocycles. The van der Waals surface area contributed by atoms with Gasteiger partial charge in [-0.1, -0.05) is 6.07 Å². The van der Waals surface area contributed by atoms with Crippen LogP contribution in [0.15, 0.2) is 42.6 Å². The van der Waals surface area contributed by atoms with Crippen LogP contribution in [-0.4, -0.2) is 21.9 Å². The molecule has 4 rings (SSSR count). The average molecular weight is 383 g/mol. The Morgan fingerprint density at radius 1 is 1.07 bits per heavy atom. The number of carbonyl (C=O) groups is 1. The zero-order valence-electron chi connectivity index (χ0n) is 15.1. The lowest BCUT2D eigenvalue weighted by atomic mass is 10.0. The molecule has 28 heavy (non-hydrogen) atoms. The van der Waals surface area contributed by atoms with E-state index in [2.05, 4.69) is 15.3 Å². The topological polar surface area (TPSA) is 57.8 Å². The number of rotatable bonds is 3. The quantitative estimate of drug-likeness (QED) is 0.493. The van der Waals surface area contributed by atoms with Crippen molar-refractivity contribution in [3.05, 3.63) is 65.6 Å². The van der Waals surface area contributed by atoms with Crippen molar-refractivity contribution < 1.29 is 18.0 Å². The molecule has 4 nitrogen and oxygen atoms in total. The minimum Gasteiger partial charge on any atom is -0.358 e. The lowest BCUT2D eigenvalue weighted by molar-refractivity contribution is 0.0945. The molecule has 4 aromatic rings. The molecule has 2 aromatic carbocycles. The van der Waals surface area contributed by atoms with E-state index in [1.807, 2.05) is 13.8 Å². The summed E-state index contributed by atoms with van der Waals surface area (Å²) in [6.45, 7) is 3.75. The van der Waals surface area contributed by atoms with Crippen LogP contribution in [0.1, 0.15) is 24.2 Å². The summed E-state index contributed by atoms with van der Waals surface area (Å²) in [5, 5.41) is 3.70. The van der Waals surface area contributed by atoms with Crippen molar-refractivity contribution in [2.45, 2.75) is 19.9 Å². The first-order valence-electron chi connectivity index (χ1n) is 8.72. The number of nitrogens with zero attached hydrogens (tertiary/aromatic N) is 1. The van der Waals surface area contributed by atoms with E-state index in [1.165, 1.54) is 6.20 Å². The number of pyridine rings is 1. The normalized spacial score (nSPS) is 11.5. The smallest absolute Gasteiger partial charge is 0.252 e. The second-order valence-corrected chi connectivity index (χ2v) is 6.81. The van der Waals surface area contributed by atoms with E-state index >= 15 is 0 Å². The predicted molar refractivity (Wildman–Crippen MR) is 102 cm³/mol. The van der Waals surface area contributed by atoms with Crippen molar-refractivity contribution in [2.24, 2.45) is 0 Å². The van der Waals surface area contributed by atoms with E-state index in [4.69, 9.17) is 0 Å². The van der Waals surface area contributed by atoms with Crippen LogP contribution < -0.4 is 5.32 Å². The van der Waals surface area contributed by atoms with E-state index in [0.717, 1.165) is 6.07 Å². The lowest BCUT2D eigenvalue weighted by Gasteiger charge is -2.11. The molecule has 0 aliphatic rings. The Morgan fingerprint density at radius 2 is 1.86 bits per heavy atom. The summed E-state index contributed by atoms with van der Waals surface area (Å²) in [6, 6.07) is 9.52. The van der Waals surface area contributed by atoms with Gasteiger partial charge in [-0.25, -0.2) is 18.2 Å². The Hall–Kier alpha value is -3.35. The number of hydrogen-bond donors (Lipinski definition) is 2. The fourth-order valence-corrected chi connectivity index (χ4v) is 3.23. The summed E-state index contributed by atoms with van der Waals surface area (Å²) in [5.41, 5.74) is 1.81. The molecule has 1 amide bonds. The van der Waals surface area contributed by atoms with Crippen molar-refractivity contribution in [3.8, 4) is 11.3 Å². The molecule has 142 valence electrons. The zero-order chi connectivity index (χ0) is 20.0. The van der Waals surface area contributed by atoms with Gasteiger partial charge in [0.05, 0.1) is 16.7 Å². The maximum absolute atomic E-state index is 14.0. The Morgan fingerprint density at radius 3 is 2.61 bits per heavy atom. The van der Waals surface area contributed by atoms with E-state index in [1.54, 1.807) is 30.3 Å². The Kier molecular flexibility index (Phi) is 4.30. The summed E-state index contributed by atoms with van der Waals surface area (Å²) in [6.07, 6.45) is 1.45. The summed E-state index contributed by atoms with van der Waals surface area (Å²) in [7, 11) is 0. The van der Waals surface area contributed by atoms with Gasteiger partial charge in [0.2, 0.25) is 0 Å². The Labute approximate surface area is 158 Å². The van der Waals surface area contributed by atoms with Gasteiger partial charge >= 0.3 is 0 Å². The van der Waals surface area contributed by atoms with Gasteiger partial charge in [-0.15, -0.1) is 0 Å². The first-order valence-corrected chi connectivity index (χ1v) is 8.72. The molecule has 0 unspecified atom stereocenters. The van der Waals surface area contributed by atoms with Crippen LogP contribution in [0.25, 0.3) is 33.1 Å². The molecule has 2 N–H and O–H groups in total. The number of aromatic nitrogens is 2. The fourth-order valence-electron chi connectivity index (χ4n) is 3.23. The number of fused-ring (bicyclic) bond motifs is 2. The van der Waals surface area contributed by atoms with Gasteiger partial charge in [-0.05, 0) is 44.2 Å². The summed E-state index contributed by atoms with van der Waals surface area (Å²) >= 11 is 0. The van der Waals surface area contributed by atoms with Gasteiger partial charge in [0.15, 0.2) is 17.5 Å². The van der Waals surface area contributed by atoms with Crippen molar-refractivity contribution >= 4 is 27.7 Å². The highest BCUT2D eigenvalue weighted by molar-refractivity contribution is 6.07. The molecule has 0 aliphatic carbocycles. The molecule has 0 aliphatic heterocycles. The van der Waals surface area contributed by atoms with E-state index < -0.39 is 17.5 Å². The van der Waals surface area contributed by atoms with Crippen molar-refractivity contribution in [1.82, 2.24) is 15.3 Å². The third-order valence-electron chi connectivity index (χ3n) is 4.49. The number of nitrogens with one attached hydrogen (secondary N) is 2. The number of carbonyl (C=O) groups excluding carboxylic acids is 1. The van der Waals surface area contributed by atoms with Gasteiger partial charge in [-0.3, -0.25) is 4.79 Å². The number of benzene rings is 2. The molecule has 0 atom stereocenters. The number of hydrogen-bond acceptors (Lipinski definition) is 2. The van der Waals surface area contributed by atoms with Gasteiger partial charge in [0, 0.05) is 34.1 Å². The van der Waals surface area contributed by atoms with Crippen molar-refractivity contribution in [3.63, 3.8) is 0 Å². The third kappa shape index (κ3) is 2.89. The Bertz CT molecular complexity index is 1230. The highest BCUT2D eigenvalue weighted by atomic mass is 19.2. The molecule has 0 radical (unpaired) electrons. The molecule has 2 heterocycles. The fraction of sp³-hybridized carbons (Fsp3) is 0.143. The van der Waals surface area contributed by atoms with Crippen LogP contribution in [0.3, 0.4) is 0 Å². The van der Waals surface area contributed by atoms with Crippen LogP contribution in [0.4, 0.5) is 13.2 Å². The summed E-state index contributed by atoms with van der Waals surface area (Å²) < 4.78 is 41.1. The van der Waals surface area contributed by atoms with Crippen molar-refractivity contribution in [1.29, 1.82) is 0 Å². The van der Waals surface area contributed by atoms with Crippen LogP contribution in [0.2, 0.25) is 0 Å². The van der Waals surface area contributed by atoms with Gasteiger partial charge in [0.1, 0.15) is 0 Å². The van der Waals surface area contributed by atoms with Crippen molar-refractivity contribution in [2.75, 3.05) is 0 Å². The molecule has 0 bridgehead atoms. The lowest BCUT2D eigenvalue weighted by Crippen LogP contribution is -2.30. The molecule has 0 fully saturated rings. The monoisotopic (exact) mass is 383 g/mol. The van der Waals surface area contributed by atoms with Crippen LogP contribution in [-0.2, 0) is 0 Å². The van der Waals surface area contributed by atoms with Gasteiger partial charge in [-0.2, -0.15) is 0 Å². The SMILES string of the molecule is CC(C)NC(=O)c1cccc2nc(-c3c[nH]c4c(F)c(F)c(F)cc34)ccc12. The highest BCUT2D eigenvalue weighted by Crippen LogP contribution is 2.32. The van der Waals surface area contributed by atoms with E-state index in [-0.39, 0.29) is 22.9 Å². The minimum absolute atomic E-state index is 0.00797. The second kappa shape index (κ2) is 6.67. The number of amides is 1. The molecule has 7 heteroatoms. The molecule has 2 aromatic heterocycles. The minimum atomic E-state index is -1.52. The number of H-pyrrole nitrogens is 1. The average Bonchev–Trinajstić information content (AvgIpc) is 3.08. The highest BCUT2D eigenvalue weighted by Gasteiger charge is 2.19. The third-order valence-corrected chi connectivity index (χ3v) is 4.49. The molecular weight excluding hydrogens is 367 g/mol. The number of aromatic amines is 1. The van der Waals surface area contributed by atoms with Gasteiger partial charge < -0.3 is 10.3 Å². The summed E-state index contributed by atoms with van der Waals surface area (Å²) in [4.78, 5) is 19.6. The van der Waals surface area contributed by atoms with Crippen LogP contribution >= 0.6 is 0 Å². The second-order valence-electron chi connectivity index (χ2n) is 6.81. The van der Waals surface area contributed by atoms with Crippen LogP contribution in [0.5, 0.6) is 0 Å². The van der Waals surface area contributed by atoms with Gasteiger partial charge in [0.25, 0.3) is 5.91 Å². The van der Waals surface area contributed by atoms with Crippen LogP contribution in [0, 0.1) is 17.5 Å². The maximum atomic E-state index is 14.0. The standard InChI is InChI=1S/C21H16F3N3O/c1-10(2)26-21(28)12-4-3-5-16-11(12)6-7-17(27-16)14-9-25-20-13(14)8-15(22)18(23)19(20)24/h3-10,25H,1-2H3,(H,26,28). The molecule has 0 saturated carbocycles. The molecule has 0 spiro atoms. The van der Waals surface area contributed by atoms with E-state index in [0.29, 0.717) is 27.7 Å². The molecular formula is C21H16F3N3O. The largest absolute Gasteiger partial charge is 0.358 e. The number of halogens is 3. The first-order chi connectivity index (χ1) is 13.4. The first kappa shape index (κ1) is 18.0. The zero-order valence-corrected chi connectivity index (χ0v) is 15.1. The van der Waals surface area contributed by atoms with E-state index in [9.17, 15) is 18.0 Å². The Balaban J connectivity index is 1.86.